The summed E-state index contributed by atoms with van der Waals surface area (Å²) in [7, 11) is 0. The first-order valence-corrected chi connectivity index (χ1v) is 9.65. The number of carbonyl (C=O) groups excluding carboxylic acids is 2. The lowest BCUT2D eigenvalue weighted by Gasteiger charge is -2.22. The molecule has 1 fully saturated rings. The molecule has 0 bridgehead atoms. The van der Waals surface area contributed by atoms with Gasteiger partial charge in [0, 0.05) is 43.3 Å². The number of rotatable bonds is 4. The molecular weight excluding hydrogens is 386 g/mol. The van der Waals surface area contributed by atoms with Crippen molar-refractivity contribution in [1.82, 2.24) is 14.8 Å². The average Bonchev–Trinajstić information content (AvgIpc) is 3.44. The first kappa shape index (κ1) is 18.2. The van der Waals surface area contributed by atoms with E-state index in [9.17, 15) is 9.59 Å². The van der Waals surface area contributed by atoms with Gasteiger partial charge in [-0.05, 0) is 30.3 Å². The molecule has 9 heteroatoms. The third-order valence-electron chi connectivity index (χ3n) is 5.10. The van der Waals surface area contributed by atoms with Gasteiger partial charge in [0.15, 0.2) is 17.3 Å². The Hall–Kier alpha value is -3.88. The van der Waals surface area contributed by atoms with Gasteiger partial charge in [0.05, 0.1) is 11.6 Å². The van der Waals surface area contributed by atoms with Gasteiger partial charge >= 0.3 is 0 Å². The van der Waals surface area contributed by atoms with Gasteiger partial charge in [-0.15, -0.1) is 0 Å². The SMILES string of the molecule is O=C(Nc1cccnc1-n1cccn1)C1CC(=O)N(c2ccc3c(c2)OCCO3)C1. The van der Waals surface area contributed by atoms with E-state index in [0.717, 1.165) is 0 Å². The van der Waals surface area contributed by atoms with E-state index in [0.29, 0.717) is 48.5 Å². The zero-order valence-corrected chi connectivity index (χ0v) is 16.0. The fraction of sp³-hybridized carbons (Fsp3) is 0.238. The Kier molecular flexibility index (Phi) is 4.55. The van der Waals surface area contributed by atoms with E-state index >= 15 is 0 Å². The second-order valence-corrected chi connectivity index (χ2v) is 7.05. The third kappa shape index (κ3) is 3.34. The number of amides is 2. The predicted molar refractivity (Wildman–Crippen MR) is 108 cm³/mol. The van der Waals surface area contributed by atoms with Crippen LogP contribution in [-0.2, 0) is 9.59 Å². The van der Waals surface area contributed by atoms with Gasteiger partial charge in [0.2, 0.25) is 11.8 Å². The number of hydrogen-bond donors (Lipinski definition) is 1. The van der Waals surface area contributed by atoms with Crippen LogP contribution in [0, 0.1) is 5.92 Å². The van der Waals surface area contributed by atoms with Crippen molar-refractivity contribution in [3.05, 3.63) is 55.0 Å². The Morgan fingerprint density at radius 3 is 2.80 bits per heavy atom. The van der Waals surface area contributed by atoms with Crippen LogP contribution >= 0.6 is 0 Å². The zero-order valence-electron chi connectivity index (χ0n) is 16.0. The molecule has 1 N–H and O–H groups in total. The maximum atomic E-state index is 12.9. The lowest BCUT2D eigenvalue weighted by molar-refractivity contribution is -0.122. The minimum absolute atomic E-state index is 0.106. The summed E-state index contributed by atoms with van der Waals surface area (Å²) < 4.78 is 12.7. The molecule has 0 saturated carbocycles. The Labute approximate surface area is 172 Å². The summed E-state index contributed by atoms with van der Waals surface area (Å²) in [6.07, 6.45) is 5.16. The maximum Gasteiger partial charge on any atom is 0.229 e. The van der Waals surface area contributed by atoms with E-state index in [1.165, 1.54) is 0 Å². The Morgan fingerprint density at radius 2 is 1.97 bits per heavy atom. The number of hydrogen-bond acceptors (Lipinski definition) is 6. The molecule has 2 aliphatic heterocycles. The largest absolute Gasteiger partial charge is 0.486 e. The molecule has 3 aromatic rings. The van der Waals surface area contributed by atoms with E-state index in [1.807, 2.05) is 6.07 Å². The van der Waals surface area contributed by atoms with E-state index in [2.05, 4.69) is 15.4 Å². The van der Waals surface area contributed by atoms with E-state index < -0.39 is 5.92 Å². The minimum atomic E-state index is -0.476. The second kappa shape index (κ2) is 7.51. The molecule has 2 aliphatic rings. The van der Waals surface area contributed by atoms with Crippen LogP contribution in [0.15, 0.2) is 55.0 Å². The molecule has 1 aromatic carbocycles. The normalized spacial score (nSPS) is 17.8. The van der Waals surface area contributed by atoms with Crippen molar-refractivity contribution in [3.63, 3.8) is 0 Å². The fourth-order valence-corrected chi connectivity index (χ4v) is 3.64. The summed E-state index contributed by atoms with van der Waals surface area (Å²) in [5, 5.41) is 7.07. The summed E-state index contributed by atoms with van der Waals surface area (Å²) in [4.78, 5) is 31.4. The van der Waals surface area contributed by atoms with Crippen molar-refractivity contribution >= 4 is 23.2 Å². The van der Waals surface area contributed by atoms with Gasteiger partial charge in [0.25, 0.3) is 0 Å². The lowest BCUT2D eigenvalue weighted by Crippen LogP contribution is -2.28. The number of ether oxygens (including phenoxy) is 2. The Bertz CT molecular complexity index is 1100. The van der Waals surface area contributed by atoms with Crippen molar-refractivity contribution in [3.8, 4) is 17.3 Å². The van der Waals surface area contributed by atoms with Crippen LogP contribution in [0.1, 0.15) is 6.42 Å². The Morgan fingerprint density at radius 1 is 1.10 bits per heavy atom. The summed E-state index contributed by atoms with van der Waals surface area (Å²) in [6.45, 7) is 1.27. The minimum Gasteiger partial charge on any atom is -0.486 e. The van der Waals surface area contributed by atoms with Crippen LogP contribution in [0.25, 0.3) is 5.82 Å². The quantitative estimate of drug-likeness (QED) is 0.713. The second-order valence-electron chi connectivity index (χ2n) is 7.05. The molecule has 30 heavy (non-hydrogen) atoms. The summed E-state index contributed by atoms with van der Waals surface area (Å²) in [5.41, 5.74) is 1.23. The highest BCUT2D eigenvalue weighted by Crippen LogP contribution is 2.36. The number of benzene rings is 1. The monoisotopic (exact) mass is 405 g/mol. The van der Waals surface area contributed by atoms with Crippen LogP contribution in [0.4, 0.5) is 11.4 Å². The van der Waals surface area contributed by atoms with Crippen LogP contribution in [0.3, 0.4) is 0 Å². The molecule has 2 aromatic heterocycles. The number of carbonyl (C=O) groups is 2. The highest BCUT2D eigenvalue weighted by atomic mass is 16.6. The summed E-state index contributed by atoms with van der Waals surface area (Å²) in [6, 6.07) is 10.7. The Balaban J connectivity index is 1.32. The van der Waals surface area contributed by atoms with Gasteiger partial charge in [-0.1, -0.05) is 0 Å². The van der Waals surface area contributed by atoms with Gasteiger partial charge < -0.3 is 19.7 Å². The van der Waals surface area contributed by atoms with Crippen molar-refractivity contribution in [2.24, 2.45) is 5.92 Å². The molecule has 1 atom stereocenters. The first-order valence-electron chi connectivity index (χ1n) is 9.65. The maximum absolute atomic E-state index is 12.9. The van der Waals surface area contributed by atoms with E-state index in [4.69, 9.17) is 9.47 Å². The van der Waals surface area contributed by atoms with Gasteiger partial charge in [-0.2, -0.15) is 5.10 Å². The fourth-order valence-electron chi connectivity index (χ4n) is 3.64. The highest BCUT2D eigenvalue weighted by Gasteiger charge is 2.36. The van der Waals surface area contributed by atoms with Crippen molar-refractivity contribution in [2.45, 2.75) is 6.42 Å². The van der Waals surface area contributed by atoms with Gasteiger partial charge in [-0.3, -0.25) is 9.59 Å². The average molecular weight is 405 g/mol. The first-order chi connectivity index (χ1) is 14.7. The summed E-state index contributed by atoms with van der Waals surface area (Å²) >= 11 is 0. The highest BCUT2D eigenvalue weighted by molar-refractivity contribution is 6.04. The zero-order chi connectivity index (χ0) is 20.5. The molecule has 1 unspecified atom stereocenters. The summed E-state index contributed by atoms with van der Waals surface area (Å²) in [5.74, 6) is 0.975. The molecule has 0 radical (unpaired) electrons. The molecule has 2 amide bonds. The van der Waals surface area contributed by atoms with E-state index in [1.54, 1.807) is 58.5 Å². The molecule has 0 spiro atoms. The van der Waals surface area contributed by atoms with Crippen LogP contribution in [0.2, 0.25) is 0 Å². The number of aromatic nitrogens is 3. The van der Waals surface area contributed by atoms with Crippen LogP contribution in [0.5, 0.6) is 11.5 Å². The number of nitrogens with zero attached hydrogens (tertiary/aromatic N) is 4. The standard InChI is InChI=1S/C21H19N5O4/c27-19-11-14(13-25(19)15-4-5-17-18(12-15)30-10-9-29-17)21(28)24-16-3-1-6-22-20(16)26-8-2-7-23-26/h1-8,12,14H,9-11,13H2,(H,24,28). The number of fused-ring (bicyclic) bond motifs is 1. The molecule has 5 rings (SSSR count). The molecule has 4 heterocycles. The van der Waals surface area contributed by atoms with Crippen molar-refractivity contribution in [2.75, 3.05) is 30.0 Å². The molecular formula is C21H19N5O4. The third-order valence-corrected chi connectivity index (χ3v) is 5.10. The van der Waals surface area contributed by atoms with Gasteiger partial charge in [-0.25, -0.2) is 9.67 Å². The number of pyridine rings is 1. The van der Waals surface area contributed by atoms with Crippen molar-refractivity contribution in [1.29, 1.82) is 0 Å². The van der Waals surface area contributed by atoms with Gasteiger partial charge in [0.1, 0.15) is 13.2 Å². The smallest absolute Gasteiger partial charge is 0.229 e. The molecule has 152 valence electrons. The number of nitrogens with one attached hydrogen (secondary N) is 1. The van der Waals surface area contributed by atoms with Crippen molar-refractivity contribution < 1.29 is 19.1 Å². The molecule has 1 saturated heterocycles. The van der Waals surface area contributed by atoms with Crippen LogP contribution in [-0.4, -0.2) is 46.3 Å². The molecule has 0 aliphatic carbocycles. The topological polar surface area (TPSA) is 98.6 Å². The number of anilines is 2. The van der Waals surface area contributed by atoms with E-state index in [-0.39, 0.29) is 18.2 Å². The molecule has 9 nitrogen and oxygen atoms in total. The van der Waals surface area contributed by atoms with Crippen LogP contribution < -0.4 is 19.7 Å². The lowest BCUT2D eigenvalue weighted by atomic mass is 10.1. The predicted octanol–water partition coefficient (Wildman–Crippen LogP) is 2.03.